The maximum Gasteiger partial charge on any atom is 0.325 e. The van der Waals surface area contributed by atoms with E-state index in [2.05, 4.69) is 71.0 Å². The van der Waals surface area contributed by atoms with Crippen molar-refractivity contribution in [2.45, 2.75) is 221 Å². The fourth-order valence-corrected chi connectivity index (χ4v) is 9.72. The molecule has 0 aliphatic carbocycles. The highest BCUT2D eigenvalue weighted by molar-refractivity contribution is 7.51. The van der Waals surface area contributed by atoms with Gasteiger partial charge >= 0.3 is 7.60 Å². The molecule has 9 nitrogen and oxygen atoms in total. The van der Waals surface area contributed by atoms with E-state index in [9.17, 15) is 4.57 Å². The minimum atomic E-state index is -3.84. The van der Waals surface area contributed by atoms with Crippen molar-refractivity contribution >= 4 is 39.9 Å². The van der Waals surface area contributed by atoms with E-state index in [1.807, 2.05) is 0 Å². The normalized spacial score (nSPS) is 11.8. The molecule has 0 bridgehead atoms. The van der Waals surface area contributed by atoms with Crippen LogP contribution in [0.15, 0.2) is 36.4 Å². The second kappa shape index (κ2) is 34.9. The van der Waals surface area contributed by atoms with E-state index >= 15 is 0 Å². The molecule has 0 saturated carbocycles. The molecule has 69 heavy (non-hydrogen) atoms. The van der Waals surface area contributed by atoms with Gasteiger partial charge < -0.3 is 38.2 Å². The summed E-state index contributed by atoms with van der Waals surface area (Å²) in [5.41, 5.74) is 0. The molecule has 0 radical (unpaired) electrons. The van der Waals surface area contributed by atoms with Gasteiger partial charge in [-0.1, -0.05) is 176 Å². The van der Waals surface area contributed by atoms with Gasteiger partial charge in [0, 0.05) is 6.16 Å². The summed E-state index contributed by atoms with van der Waals surface area (Å²) < 4.78 is 50.8. The first-order chi connectivity index (χ1) is 33.7. The second-order valence-electron chi connectivity index (χ2n) is 19.5. The van der Waals surface area contributed by atoms with Crippen molar-refractivity contribution in [3.05, 3.63) is 36.4 Å². The van der Waals surface area contributed by atoms with Gasteiger partial charge in [-0.05, 0) is 114 Å². The molecule has 0 fully saturated rings. The molecule has 0 aliphatic heterocycles. The van der Waals surface area contributed by atoms with Gasteiger partial charge in [0.15, 0.2) is 34.5 Å². The fraction of sp³-hybridized carbons (Fsp3) is 0.695. The van der Waals surface area contributed by atoms with Gasteiger partial charge in [0.25, 0.3) is 0 Å². The monoisotopic (exact) mass is 979 g/mol. The molecular formula is C59H95O9P. The molecule has 0 amide bonds. The van der Waals surface area contributed by atoms with Crippen molar-refractivity contribution in [1.29, 1.82) is 0 Å². The van der Waals surface area contributed by atoms with Gasteiger partial charge in [-0.25, -0.2) is 0 Å². The summed E-state index contributed by atoms with van der Waals surface area (Å²) in [6, 6.07) is 13.3. The maximum absolute atomic E-state index is 11.0. The topological polar surface area (TPSA) is 113 Å². The Labute approximate surface area is 418 Å². The number of rotatable bonds is 43. The zero-order valence-corrected chi connectivity index (χ0v) is 45.0. The van der Waals surface area contributed by atoms with E-state index in [-0.39, 0.29) is 6.16 Å². The van der Waals surface area contributed by atoms with E-state index in [1.165, 1.54) is 57.8 Å². The zero-order valence-electron chi connectivity index (χ0n) is 44.1. The minimum Gasteiger partial charge on any atom is -0.490 e. The quantitative estimate of drug-likeness (QED) is 0.0254. The predicted molar refractivity (Wildman–Crippen MR) is 291 cm³/mol. The first-order valence-corrected chi connectivity index (χ1v) is 29.9. The van der Waals surface area contributed by atoms with Crippen LogP contribution in [0.25, 0.3) is 32.3 Å². The van der Waals surface area contributed by atoms with Gasteiger partial charge in [0.05, 0.1) is 39.6 Å². The van der Waals surface area contributed by atoms with Crippen LogP contribution in [-0.4, -0.2) is 55.6 Å². The molecule has 0 spiro atoms. The van der Waals surface area contributed by atoms with Crippen LogP contribution in [0.4, 0.5) is 0 Å². The molecule has 0 aliphatic rings. The SMILES string of the molecule is CCCCCOc1cc2c3cc(OCCCCC)c(OCCCCC)cc3c3cc(OCCCCCCCCCCCCCCCCP(=O)(O)O)c(OCCCCC)cc3c2cc1OCCCCC. The van der Waals surface area contributed by atoms with Crippen molar-refractivity contribution in [3.63, 3.8) is 0 Å². The molecule has 0 unspecified atom stereocenters. The highest BCUT2D eigenvalue weighted by atomic mass is 31.2. The number of hydrogen-bond donors (Lipinski definition) is 2. The summed E-state index contributed by atoms with van der Waals surface area (Å²) in [5.74, 6) is 4.73. The smallest absolute Gasteiger partial charge is 0.325 e. The van der Waals surface area contributed by atoms with Gasteiger partial charge in [0.2, 0.25) is 0 Å². The van der Waals surface area contributed by atoms with Crippen molar-refractivity contribution in [1.82, 2.24) is 0 Å². The maximum atomic E-state index is 11.0. The lowest BCUT2D eigenvalue weighted by Gasteiger charge is -2.21. The molecular weight excluding hydrogens is 884 g/mol. The highest BCUT2D eigenvalue weighted by Gasteiger charge is 2.21. The molecule has 0 aromatic heterocycles. The fourth-order valence-electron chi connectivity index (χ4n) is 9.09. The van der Waals surface area contributed by atoms with Crippen LogP contribution in [0.5, 0.6) is 34.5 Å². The average molecular weight is 979 g/mol. The Morgan fingerprint density at radius 1 is 0.290 bits per heavy atom. The Bertz CT molecular complexity index is 2000. The molecule has 2 N–H and O–H groups in total. The third kappa shape index (κ3) is 21.9. The summed E-state index contributed by atoms with van der Waals surface area (Å²) in [6.07, 6.45) is 32.3. The molecule has 0 atom stereocenters. The molecule has 10 heteroatoms. The molecule has 0 heterocycles. The Kier molecular flexibility index (Phi) is 29.4. The lowest BCUT2D eigenvalue weighted by molar-refractivity contribution is 0.259. The summed E-state index contributed by atoms with van der Waals surface area (Å²) in [4.78, 5) is 18.0. The Morgan fingerprint density at radius 3 is 0.652 bits per heavy atom. The van der Waals surface area contributed by atoms with Crippen LogP contribution in [0.1, 0.15) is 221 Å². The van der Waals surface area contributed by atoms with Crippen LogP contribution in [0.3, 0.4) is 0 Å². The second-order valence-corrected chi connectivity index (χ2v) is 21.3. The van der Waals surface area contributed by atoms with Crippen LogP contribution in [-0.2, 0) is 4.57 Å². The van der Waals surface area contributed by atoms with E-state index in [4.69, 9.17) is 38.2 Å². The summed E-state index contributed by atoms with van der Waals surface area (Å²) >= 11 is 0. The van der Waals surface area contributed by atoms with Gasteiger partial charge in [0.1, 0.15) is 0 Å². The summed E-state index contributed by atoms with van der Waals surface area (Å²) in [7, 11) is -3.84. The minimum absolute atomic E-state index is 0.0240. The molecule has 4 rings (SSSR count). The number of fused-ring (bicyclic) bond motifs is 6. The lowest BCUT2D eigenvalue weighted by Crippen LogP contribution is -2.05. The average Bonchev–Trinajstić information content (AvgIpc) is 3.34. The van der Waals surface area contributed by atoms with Gasteiger partial charge in [-0.15, -0.1) is 0 Å². The van der Waals surface area contributed by atoms with Crippen LogP contribution >= 0.6 is 7.60 Å². The first-order valence-electron chi connectivity index (χ1n) is 28.1. The van der Waals surface area contributed by atoms with Crippen LogP contribution in [0.2, 0.25) is 0 Å². The van der Waals surface area contributed by atoms with E-state index in [0.29, 0.717) is 46.1 Å². The first kappa shape index (κ1) is 58.2. The number of ether oxygens (including phenoxy) is 6. The lowest BCUT2D eigenvalue weighted by atomic mass is 9.93. The zero-order chi connectivity index (χ0) is 49.4. The number of hydrogen-bond acceptors (Lipinski definition) is 7. The standard InChI is InChI=1S/C59H95O9P/c1-6-11-28-35-63-54-42-48-49-43-55(64-36-29-12-7-2)57(66-38-31-14-9-4)45-51(49)53-47-59(58(67-39-32-15-10-5)46-52(53)50(48)44-56(54)65-37-30-13-8-3)68-40-33-26-24-22-20-18-16-17-19-21-23-25-27-34-41-69(60,61)62/h42-47H,6-41H2,1-5H3,(H2,60,61,62). The van der Waals surface area contributed by atoms with Crippen molar-refractivity contribution < 1.29 is 42.8 Å². The molecule has 390 valence electrons. The Morgan fingerprint density at radius 2 is 0.464 bits per heavy atom. The summed E-state index contributed by atoms with van der Waals surface area (Å²) in [6.45, 7) is 15.0. The molecule has 0 saturated heterocycles. The Hall–Kier alpha value is -3.39. The largest absolute Gasteiger partial charge is 0.490 e. The third-order valence-corrected chi connectivity index (χ3v) is 14.1. The van der Waals surface area contributed by atoms with Crippen LogP contribution < -0.4 is 28.4 Å². The van der Waals surface area contributed by atoms with Crippen molar-refractivity contribution in [2.24, 2.45) is 0 Å². The van der Waals surface area contributed by atoms with E-state index in [1.54, 1.807) is 0 Å². The molecule has 4 aromatic carbocycles. The van der Waals surface area contributed by atoms with Crippen molar-refractivity contribution in [3.8, 4) is 34.5 Å². The Balaban J connectivity index is 1.61. The highest BCUT2D eigenvalue weighted by Crippen LogP contribution is 2.47. The third-order valence-electron chi connectivity index (χ3n) is 13.3. The van der Waals surface area contributed by atoms with E-state index in [0.717, 1.165) is 189 Å². The van der Waals surface area contributed by atoms with Crippen LogP contribution in [0, 0.1) is 0 Å². The number of benzene rings is 4. The van der Waals surface area contributed by atoms with Gasteiger partial charge in [-0.3, -0.25) is 4.57 Å². The summed E-state index contributed by atoms with van der Waals surface area (Å²) in [5, 5.41) is 6.56. The van der Waals surface area contributed by atoms with Crippen molar-refractivity contribution in [2.75, 3.05) is 45.8 Å². The predicted octanol–water partition coefficient (Wildman–Crippen LogP) is 18.0. The van der Waals surface area contributed by atoms with Gasteiger partial charge in [-0.2, -0.15) is 0 Å². The van der Waals surface area contributed by atoms with E-state index < -0.39 is 7.60 Å². The molecule has 4 aromatic rings. The number of unbranched alkanes of at least 4 members (excludes halogenated alkanes) is 23.